The van der Waals surface area contributed by atoms with Crippen LogP contribution in [0.25, 0.3) is 0 Å². The Morgan fingerprint density at radius 2 is 1.81 bits per heavy atom. The predicted octanol–water partition coefficient (Wildman–Crippen LogP) is 2.52. The van der Waals surface area contributed by atoms with Crippen molar-refractivity contribution >= 4 is 44.3 Å². The standard InChI is InChI=1S/C17H16ClN3O3S2/c1-11-2-4-12(5-3-11)17-19-15(10-25-17)16(22)20-21-26(23,24)14-8-6-13(18)7-9-14/h2-9,15,21H,10H2,1H3,(H,20,22)/t15-/m0/s1. The second-order valence-electron chi connectivity index (χ2n) is 5.68. The van der Waals surface area contributed by atoms with E-state index in [9.17, 15) is 13.2 Å². The number of carbonyl (C=O) groups is 1. The molecule has 1 heterocycles. The predicted molar refractivity (Wildman–Crippen MR) is 104 cm³/mol. The summed E-state index contributed by atoms with van der Waals surface area (Å²) in [4.78, 5) is 18.7. The number of aliphatic imine (C=N–C) groups is 1. The van der Waals surface area contributed by atoms with E-state index >= 15 is 0 Å². The summed E-state index contributed by atoms with van der Waals surface area (Å²) >= 11 is 7.21. The van der Waals surface area contributed by atoms with Gasteiger partial charge in [-0.15, -0.1) is 16.6 Å². The molecule has 6 nitrogen and oxygen atoms in total. The quantitative estimate of drug-likeness (QED) is 0.743. The molecule has 3 rings (SSSR count). The van der Waals surface area contributed by atoms with Crippen molar-refractivity contribution in [3.05, 3.63) is 64.7 Å². The fourth-order valence-electron chi connectivity index (χ4n) is 2.24. The van der Waals surface area contributed by atoms with Crippen molar-refractivity contribution in [3.63, 3.8) is 0 Å². The fourth-order valence-corrected chi connectivity index (χ4v) is 4.26. The van der Waals surface area contributed by atoms with Crippen LogP contribution in [0.4, 0.5) is 0 Å². The molecular formula is C17H16ClN3O3S2. The molecule has 0 aliphatic carbocycles. The molecule has 1 atom stereocenters. The summed E-state index contributed by atoms with van der Waals surface area (Å²) in [7, 11) is -3.87. The Morgan fingerprint density at radius 1 is 1.15 bits per heavy atom. The summed E-state index contributed by atoms with van der Waals surface area (Å²) in [6, 6.07) is 12.8. The van der Waals surface area contributed by atoms with Crippen LogP contribution in [0.1, 0.15) is 11.1 Å². The molecule has 0 aromatic heterocycles. The molecule has 9 heteroatoms. The molecule has 0 fully saturated rings. The van der Waals surface area contributed by atoms with E-state index in [1.165, 1.54) is 36.0 Å². The maximum atomic E-state index is 12.2. The van der Waals surface area contributed by atoms with Crippen molar-refractivity contribution in [1.29, 1.82) is 0 Å². The Morgan fingerprint density at radius 3 is 2.46 bits per heavy atom. The van der Waals surface area contributed by atoms with Crippen LogP contribution in [0.3, 0.4) is 0 Å². The lowest BCUT2D eigenvalue weighted by molar-refractivity contribution is -0.122. The second kappa shape index (κ2) is 7.79. The summed E-state index contributed by atoms with van der Waals surface area (Å²) in [5.41, 5.74) is 4.31. The lowest BCUT2D eigenvalue weighted by Gasteiger charge is -2.10. The van der Waals surface area contributed by atoms with Crippen LogP contribution in [0.2, 0.25) is 5.02 Å². The highest BCUT2D eigenvalue weighted by molar-refractivity contribution is 8.14. The number of aryl methyl sites for hydroxylation is 1. The van der Waals surface area contributed by atoms with Gasteiger partial charge in [0.2, 0.25) is 0 Å². The first-order valence-electron chi connectivity index (χ1n) is 7.70. The van der Waals surface area contributed by atoms with Crippen LogP contribution in [-0.2, 0) is 14.8 Å². The van der Waals surface area contributed by atoms with Gasteiger partial charge in [0, 0.05) is 16.3 Å². The van der Waals surface area contributed by atoms with Gasteiger partial charge in [0.15, 0.2) is 0 Å². The van der Waals surface area contributed by atoms with Gasteiger partial charge in [0.25, 0.3) is 15.9 Å². The second-order valence-corrected chi connectivity index (χ2v) is 8.80. The molecule has 1 aliphatic heterocycles. The molecule has 2 N–H and O–H groups in total. The maximum Gasteiger partial charge on any atom is 0.260 e. The van der Waals surface area contributed by atoms with Crippen molar-refractivity contribution in [2.24, 2.45) is 4.99 Å². The molecule has 0 radical (unpaired) electrons. The summed E-state index contributed by atoms with van der Waals surface area (Å²) in [6.07, 6.45) is 0. The van der Waals surface area contributed by atoms with Gasteiger partial charge in [-0.3, -0.25) is 15.2 Å². The zero-order valence-electron chi connectivity index (χ0n) is 13.8. The molecule has 1 amide bonds. The first-order valence-corrected chi connectivity index (χ1v) is 10.5. The van der Waals surface area contributed by atoms with Gasteiger partial charge in [-0.2, -0.15) is 0 Å². The maximum absolute atomic E-state index is 12.2. The highest BCUT2D eigenvalue weighted by atomic mass is 35.5. The molecule has 0 unspecified atom stereocenters. The molecule has 0 spiro atoms. The number of halogens is 1. The smallest absolute Gasteiger partial charge is 0.260 e. The van der Waals surface area contributed by atoms with Gasteiger partial charge >= 0.3 is 0 Å². The van der Waals surface area contributed by atoms with Gasteiger partial charge in [-0.25, -0.2) is 8.42 Å². The van der Waals surface area contributed by atoms with E-state index in [0.717, 1.165) is 16.2 Å². The summed E-state index contributed by atoms with van der Waals surface area (Å²) < 4.78 is 24.3. The topological polar surface area (TPSA) is 87.6 Å². The first-order chi connectivity index (χ1) is 12.3. The van der Waals surface area contributed by atoms with E-state index in [1.54, 1.807) is 0 Å². The average Bonchev–Trinajstić information content (AvgIpc) is 3.11. The molecule has 0 bridgehead atoms. The number of rotatable bonds is 5. The number of hydrogen-bond donors (Lipinski definition) is 2. The van der Waals surface area contributed by atoms with Gasteiger partial charge in [-0.05, 0) is 31.2 Å². The van der Waals surface area contributed by atoms with Crippen LogP contribution in [0.5, 0.6) is 0 Å². The van der Waals surface area contributed by atoms with E-state index < -0.39 is 22.0 Å². The van der Waals surface area contributed by atoms with Crippen LogP contribution < -0.4 is 10.3 Å². The summed E-state index contributed by atoms with van der Waals surface area (Å²) in [6.45, 7) is 2.00. The third kappa shape index (κ3) is 4.45. The average molecular weight is 410 g/mol. The van der Waals surface area contributed by atoms with E-state index in [-0.39, 0.29) is 4.90 Å². The molecule has 26 heavy (non-hydrogen) atoms. The molecule has 1 aliphatic rings. The molecule has 2 aromatic rings. The zero-order valence-corrected chi connectivity index (χ0v) is 16.2. The van der Waals surface area contributed by atoms with Crippen LogP contribution in [0.15, 0.2) is 58.4 Å². The minimum atomic E-state index is -3.87. The number of benzene rings is 2. The van der Waals surface area contributed by atoms with E-state index in [2.05, 4.69) is 15.2 Å². The number of carbonyl (C=O) groups excluding carboxylic acids is 1. The van der Waals surface area contributed by atoms with Crippen LogP contribution in [-0.4, -0.2) is 31.2 Å². The SMILES string of the molecule is Cc1ccc(C2=N[C@H](C(=O)NNS(=O)(=O)c3ccc(Cl)cc3)CS2)cc1. The van der Waals surface area contributed by atoms with E-state index in [4.69, 9.17) is 11.6 Å². The Kier molecular flexibility index (Phi) is 5.67. The Balaban J connectivity index is 1.63. The van der Waals surface area contributed by atoms with Crippen molar-refractivity contribution in [1.82, 2.24) is 10.3 Å². The van der Waals surface area contributed by atoms with Crippen molar-refractivity contribution in [2.45, 2.75) is 17.9 Å². The van der Waals surface area contributed by atoms with Crippen LogP contribution >= 0.6 is 23.4 Å². The number of nitrogens with one attached hydrogen (secondary N) is 2. The zero-order chi connectivity index (χ0) is 18.7. The normalized spacial score (nSPS) is 17.0. The molecule has 0 saturated heterocycles. The molecule has 136 valence electrons. The summed E-state index contributed by atoms with van der Waals surface area (Å²) in [5, 5.41) is 1.19. The van der Waals surface area contributed by atoms with E-state index in [1.807, 2.05) is 31.2 Å². The lowest BCUT2D eigenvalue weighted by Crippen LogP contribution is -2.46. The number of hydrazine groups is 1. The number of thioether (sulfide) groups is 1. The van der Waals surface area contributed by atoms with Crippen molar-refractivity contribution < 1.29 is 13.2 Å². The van der Waals surface area contributed by atoms with Crippen molar-refractivity contribution in [2.75, 3.05) is 5.75 Å². The van der Waals surface area contributed by atoms with Gasteiger partial charge in [-0.1, -0.05) is 41.4 Å². The Hall–Kier alpha value is -1.87. The minimum Gasteiger partial charge on any atom is -0.276 e. The van der Waals surface area contributed by atoms with Gasteiger partial charge in [0.05, 0.1) is 9.94 Å². The van der Waals surface area contributed by atoms with Crippen LogP contribution in [0, 0.1) is 6.92 Å². The fraction of sp³-hybridized carbons (Fsp3) is 0.176. The minimum absolute atomic E-state index is 0.00634. The Bertz CT molecular complexity index is 942. The number of sulfonamides is 1. The molecule has 2 aromatic carbocycles. The van der Waals surface area contributed by atoms with E-state index in [0.29, 0.717) is 10.8 Å². The lowest BCUT2D eigenvalue weighted by atomic mass is 10.2. The highest BCUT2D eigenvalue weighted by Gasteiger charge is 2.27. The first kappa shape index (κ1) is 18.9. The van der Waals surface area contributed by atoms with Gasteiger partial charge < -0.3 is 0 Å². The largest absolute Gasteiger partial charge is 0.276 e. The highest BCUT2D eigenvalue weighted by Crippen LogP contribution is 2.23. The third-order valence-corrected chi connectivity index (χ3v) is 6.30. The number of hydrogen-bond acceptors (Lipinski definition) is 5. The molecular weight excluding hydrogens is 394 g/mol. The van der Waals surface area contributed by atoms with Gasteiger partial charge in [0.1, 0.15) is 6.04 Å². The molecule has 0 saturated carbocycles. The third-order valence-electron chi connectivity index (χ3n) is 3.68. The number of nitrogens with zero attached hydrogens (tertiary/aromatic N) is 1. The monoisotopic (exact) mass is 409 g/mol. The summed E-state index contributed by atoms with van der Waals surface area (Å²) in [5.74, 6) is -0.0466. The van der Waals surface area contributed by atoms with Crippen molar-refractivity contribution in [3.8, 4) is 0 Å². The number of amides is 1. The Labute approximate surface area is 161 Å².